The van der Waals surface area contributed by atoms with Crippen LogP contribution in [0.5, 0.6) is 0 Å². The third-order valence-corrected chi connectivity index (χ3v) is 5.78. The summed E-state index contributed by atoms with van der Waals surface area (Å²) in [7, 11) is 0. The molecule has 3 heteroatoms. The molecular formula is C25H19N3. The van der Waals surface area contributed by atoms with E-state index in [0.717, 1.165) is 23.5 Å². The molecule has 0 fully saturated rings. The number of rotatable bonds is 1. The predicted octanol–water partition coefficient (Wildman–Crippen LogP) is 5.70. The molecule has 0 saturated heterocycles. The van der Waals surface area contributed by atoms with Crippen molar-refractivity contribution in [2.45, 2.75) is 6.42 Å². The van der Waals surface area contributed by atoms with Gasteiger partial charge in [0.05, 0.1) is 22.4 Å². The Kier molecular flexibility index (Phi) is 3.16. The van der Waals surface area contributed by atoms with Crippen LogP contribution in [0.4, 0.5) is 11.4 Å². The minimum atomic E-state index is 0.903. The van der Waals surface area contributed by atoms with Crippen LogP contribution in [-0.4, -0.2) is 4.57 Å². The Morgan fingerprint density at radius 3 is 2.29 bits per heavy atom. The van der Waals surface area contributed by atoms with Crippen LogP contribution in [0, 0.1) is 0 Å². The van der Waals surface area contributed by atoms with Crippen molar-refractivity contribution >= 4 is 33.2 Å². The van der Waals surface area contributed by atoms with Crippen molar-refractivity contribution in [3.05, 3.63) is 102 Å². The fourth-order valence-electron chi connectivity index (χ4n) is 4.58. The molecule has 0 spiro atoms. The summed E-state index contributed by atoms with van der Waals surface area (Å²) in [5.74, 6) is 6.69. The Bertz CT molecular complexity index is 1350. The zero-order valence-corrected chi connectivity index (χ0v) is 15.3. The Balaban J connectivity index is 1.75. The highest BCUT2D eigenvalue weighted by Gasteiger charge is 2.25. The molecule has 0 amide bonds. The molecular weight excluding hydrogens is 342 g/mol. The van der Waals surface area contributed by atoms with E-state index in [4.69, 9.17) is 5.84 Å². The van der Waals surface area contributed by atoms with E-state index in [1.807, 2.05) is 5.01 Å². The molecule has 0 unspecified atom stereocenters. The number of anilines is 2. The van der Waals surface area contributed by atoms with Crippen LogP contribution in [0.3, 0.4) is 0 Å². The first-order valence-electron chi connectivity index (χ1n) is 9.56. The highest BCUT2D eigenvalue weighted by atomic mass is 15.4. The summed E-state index contributed by atoms with van der Waals surface area (Å²) in [6, 6.07) is 32.0. The number of nitrogens with zero attached hydrogens (tertiary/aromatic N) is 2. The van der Waals surface area contributed by atoms with Crippen molar-refractivity contribution in [2.75, 3.05) is 5.01 Å². The molecule has 2 heterocycles. The maximum atomic E-state index is 6.69. The Morgan fingerprint density at radius 1 is 0.643 bits per heavy atom. The van der Waals surface area contributed by atoms with Crippen molar-refractivity contribution in [1.29, 1.82) is 0 Å². The van der Waals surface area contributed by atoms with Gasteiger partial charge in [0.25, 0.3) is 0 Å². The number of benzene rings is 4. The van der Waals surface area contributed by atoms with Crippen LogP contribution >= 0.6 is 0 Å². The summed E-state index contributed by atoms with van der Waals surface area (Å²) < 4.78 is 2.33. The second-order valence-electron chi connectivity index (χ2n) is 7.33. The quantitative estimate of drug-likeness (QED) is 0.389. The fraction of sp³-hybridized carbons (Fsp3) is 0.0400. The van der Waals surface area contributed by atoms with Crippen LogP contribution in [0.15, 0.2) is 91.0 Å². The largest absolute Gasteiger partial charge is 0.309 e. The van der Waals surface area contributed by atoms with E-state index in [1.165, 1.54) is 32.9 Å². The third kappa shape index (κ3) is 2.02. The minimum Gasteiger partial charge on any atom is -0.309 e. The summed E-state index contributed by atoms with van der Waals surface area (Å²) in [5, 5.41) is 4.32. The number of hydrogen-bond donors (Lipinski definition) is 1. The number of hydrogen-bond acceptors (Lipinski definition) is 2. The molecule has 3 nitrogen and oxygen atoms in total. The van der Waals surface area contributed by atoms with Gasteiger partial charge in [0.15, 0.2) is 0 Å². The summed E-state index contributed by atoms with van der Waals surface area (Å²) in [4.78, 5) is 0. The van der Waals surface area contributed by atoms with Gasteiger partial charge in [0, 0.05) is 22.9 Å². The summed E-state index contributed by atoms with van der Waals surface area (Å²) in [5.41, 5.74) is 8.27. The number of fused-ring (bicyclic) bond motifs is 6. The first kappa shape index (κ1) is 15.5. The van der Waals surface area contributed by atoms with Gasteiger partial charge in [-0.15, -0.1) is 0 Å². The second-order valence-corrected chi connectivity index (χ2v) is 7.33. The molecule has 6 rings (SSSR count). The van der Waals surface area contributed by atoms with Crippen LogP contribution in [0.1, 0.15) is 11.1 Å². The summed E-state index contributed by atoms with van der Waals surface area (Å²) >= 11 is 0. The average molecular weight is 361 g/mol. The molecule has 1 aromatic heterocycles. The molecule has 5 aromatic rings. The number of aromatic nitrogens is 1. The van der Waals surface area contributed by atoms with E-state index >= 15 is 0 Å². The molecule has 0 atom stereocenters. The van der Waals surface area contributed by atoms with E-state index in [0.29, 0.717) is 0 Å². The zero-order chi connectivity index (χ0) is 18.7. The van der Waals surface area contributed by atoms with Crippen LogP contribution in [0.2, 0.25) is 0 Å². The zero-order valence-electron chi connectivity index (χ0n) is 15.3. The maximum absolute atomic E-state index is 6.69. The SMILES string of the molecule is NN1c2ccccc2Cc2ccc3c(c21)c1ccccc1n3-c1ccccc1. The first-order chi connectivity index (χ1) is 13.8. The highest BCUT2D eigenvalue weighted by Crippen LogP contribution is 2.45. The van der Waals surface area contributed by atoms with E-state index in [-0.39, 0.29) is 0 Å². The molecule has 2 N–H and O–H groups in total. The van der Waals surface area contributed by atoms with E-state index < -0.39 is 0 Å². The Hall–Kier alpha value is -3.56. The van der Waals surface area contributed by atoms with Crippen molar-refractivity contribution < 1.29 is 0 Å². The van der Waals surface area contributed by atoms with Crippen molar-refractivity contribution in [3.8, 4) is 5.69 Å². The molecule has 1 aliphatic rings. The van der Waals surface area contributed by atoms with Crippen LogP contribution < -0.4 is 10.9 Å². The lowest BCUT2D eigenvalue weighted by Crippen LogP contribution is -2.30. The predicted molar refractivity (Wildman–Crippen MR) is 116 cm³/mol. The van der Waals surface area contributed by atoms with Gasteiger partial charge in [0.1, 0.15) is 0 Å². The molecule has 4 aromatic carbocycles. The first-order valence-corrected chi connectivity index (χ1v) is 9.56. The van der Waals surface area contributed by atoms with E-state index in [9.17, 15) is 0 Å². The standard InChI is InChI=1S/C25H19N3/c26-28-21-12-6-4-8-17(21)16-18-14-15-23-24(25(18)28)20-11-5-7-13-22(20)27(23)19-9-2-1-3-10-19/h1-15H,16,26H2. The van der Waals surface area contributed by atoms with Gasteiger partial charge in [-0.3, -0.25) is 5.01 Å². The molecule has 134 valence electrons. The van der Waals surface area contributed by atoms with Crippen molar-refractivity contribution in [2.24, 2.45) is 5.84 Å². The molecule has 0 radical (unpaired) electrons. The monoisotopic (exact) mass is 361 g/mol. The number of nitrogens with two attached hydrogens (primary N) is 1. The minimum absolute atomic E-state index is 0.903. The van der Waals surface area contributed by atoms with E-state index in [1.54, 1.807) is 0 Å². The third-order valence-electron chi connectivity index (χ3n) is 5.78. The summed E-state index contributed by atoms with van der Waals surface area (Å²) in [6.07, 6.45) is 0.903. The lowest BCUT2D eigenvalue weighted by molar-refractivity contribution is 1.00. The van der Waals surface area contributed by atoms with E-state index in [2.05, 4.69) is 95.6 Å². The van der Waals surface area contributed by atoms with Gasteiger partial charge in [-0.1, -0.05) is 60.7 Å². The smallest absolute Gasteiger partial charge is 0.0711 e. The molecule has 1 aliphatic heterocycles. The van der Waals surface area contributed by atoms with Crippen molar-refractivity contribution in [3.63, 3.8) is 0 Å². The highest BCUT2D eigenvalue weighted by molar-refractivity contribution is 6.16. The Labute approximate surface area is 163 Å². The van der Waals surface area contributed by atoms with Gasteiger partial charge in [0.2, 0.25) is 0 Å². The van der Waals surface area contributed by atoms with Crippen LogP contribution in [0.25, 0.3) is 27.5 Å². The molecule has 0 aliphatic carbocycles. The van der Waals surface area contributed by atoms with Gasteiger partial charge in [-0.25, -0.2) is 5.84 Å². The maximum Gasteiger partial charge on any atom is 0.0711 e. The Morgan fingerprint density at radius 2 is 1.39 bits per heavy atom. The van der Waals surface area contributed by atoms with Gasteiger partial charge in [-0.2, -0.15) is 0 Å². The fourth-order valence-corrected chi connectivity index (χ4v) is 4.58. The van der Waals surface area contributed by atoms with Gasteiger partial charge < -0.3 is 4.57 Å². The summed E-state index contributed by atoms with van der Waals surface area (Å²) in [6.45, 7) is 0. The van der Waals surface area contributed by atoms with Crippen LogP contribution in [-0.2, 0) is 6.42 Å². The van der Waals surface area contributed by atoms with Gasteiger partial charge >= 0.3 is 0 Å². The molecule has 28 heavy (non-hydrogen) atoms. The lowest BCUT2D eigenvalue weighted by Gasteiger charge is -2.30. The topological polar surface area (TPSA) is 34.2 Å². The average Bonchev–Trinajstić information content (AvgIpc) is 3.09. The number of hydrazine groups is 1. The lowest BCUT2D eigenvalue weighted by atomic mass is 9.94. The molecule has 0 bridgehead atoms. The second kappa shape index (κ2) is 5.72. The number of para-hydroxylation sites is 3. The van der Waals surface area contributed by atoms with Gasteiger partial charge in [-0.05, 0) is 41.5 Å². The molecule has 0 saturated carbocycles. The van der Waals surface area contributed by atoms with Crippen molar-refractivity contribution in [1.82, 2.24) is 4.57 Å². The normalized spacial score (nSPS) is 13.0.